The van der Waals surface area contributed by atoms with E-state index >= 15 is 0 Å². The first-order chi connectivity index (χ1) is 12.0. The van der Waals surface area contributed by atoms with Crippen LogP contribution in [-0.2, 0) is 40.8 Å². The minimum atomic E-state index is -3.65. The summed E-state index contributed by atoms with van der Waals surface area (Å²) < 4.78 is 40.4. The summed E-state index contributed by atoms with van der Waals surface area (Å²) in [6.07, 6.45) is 3.35. The Morgan fingerprint density at radius 2 is 2.24 bits per heavy atom. The van der Waals surface area contributed by atoms with Gasteiger partial charge in [-0.1, -0.05) is 13.0 Å². The van der Waals surface area contributed by atoms with Crippen molar-refractivity contribution in [2.75, 3.05) is 20.3 Å². The molecule has 8 heteroatoms. The largest absolute Gasteiger partial charge is 0.495 e. The van der Waals surface area contributed by atoms with Gasteiger partial charge < -0.3 is 9.47 Å². The Balaban J connectivity index is 1.71. The predicted octanol–water partition coefficient (Wildman–Crippen LogP) is 1.51. The highest BCUT2D eigenvalue weighted by molar-refractivity contribution is 7.89. The number of hydrogen-bond acceptors (Lipinski definition) is 5. The van der Waals surface area contributed by atoms with Crippen molar-refractivity contribution in [1.82, 2.24) is 14.5 Å². The third-order valence-electron chi connectivity index (χ3n) is 4.32. The maximum Gasteiger partial charge on any atom is 0.244 e. The van der Waals surface area contributed by atoms with E-state index in [1.807, 2.05) is 17.7 Å². The van der Waals surface area contributed by atoms with Crippen LogP contribution in [-0.4, -0.2) is 38.5 Å². The lowest BCUT2D eigenvalue weighted by Gasteiger charge is -2.15. The molecule has 3 rings (SSSR count). The Morgan fingerprint density at radius 1 is 1.40 bits per heavy atom. The van der Waals surface area contributed by atoms with Gasteiger partial charge in [-0.3, -0.25) is 4.68 Å². The Bertz CT molecular complexity index is 846. The van der Waals surface area contributed by atoms with Gasteiger partial charge in [0.25, 0.3) is 0 Å². The number of rotatable bonds is 7. The van der Waals surface area contributed by atoms with Gasteiger partial charge in [-0.2, -0.15) is 5.10 Å². The Labute approximate surface area is 148 Å². The Kier molecular flexibility index (Phi) is 5.41. The van der Waals surface area contributed by atoms with Gasteiger partial charge in [-0.15, -0.1) is 0 Å². The predicted molar refractivity (Wildman–Crippen MR) is 93.1 cm³/mol. The average Bonchev–Trinajstić information content (AvgIpc) is 3.04. The fourth-order valence-corrected chi connectivity index (χ4v) is 4.16. The van der Waals surface area contributed by atoms with Crippen molar-refractivity contribution in [2.45, 2.75) is 37.8 Å². The monoisotopic (exact) mass is 365 g/mol. The van der Waals surface area contributed by atoms with Gasteiger partial charge in [0.05, 0.1) is 33.1 Å². The molecule has 0 fully saturated rings. The zero-order valence-corrected chi connectivity index (χ0v) is 15.3. The van der Waals surface area contributed by atoms with Crippen LogP contribution in [0.2, 0.25) is 0 Å². The molecular formula is C17H23N3O4S. The molecule has 0 bridgehead atoms. The summed E-state index contributed by atoms with van der Waals surface area (Å²) >= 11 is 0. The topological polar surface area (TPSA) is 82.5 Å². The lowest BCUT2D eigenvalue weighted by atomic mass is 10.2. The number of benzene rings is 1. The van der Waals surface area contributed by atoms with Crippen LogP contribution < -0.4 is 9.46 Å². The van der Waals surface area contributed by atoms with Crippen LogP contribution in [0.25, 0.3) is 0 Å². The second-order valence-corrected chi connectivity index (χ2v) is 7.61. The third-order valence-corrected chi connectivity index (χ3v) is 5.80. The first-order valence-corrected chi connectivity index (χ1v) is 9.81. The highest BCUT2D eigenvalue weighted by atomic mass is 32.2. The summed E-state index contributed by atoms with van der Waals surface area (Å²) in [6.45, 7) is 3.96. The molecule has 0 atom stereocenters. The molecule has 1 aliphatic rings. The highest BCUT2D eigenvalue weighted by Crippen LogP contribution is 2.25. The smallest absolute Gasteiger partial charge is 0.244 e. The molecule has 0 spiro atoms. The first kappa shape index (κ1) is 17.9. The van der Waals surface area contributed by atoms with Gasteiger partial charge in [-0.05, 0) is 24.1 Å². The molecule has 0 aliphatic carbocycles. The van der Waals surface area contributed by atoms with Crippen LogP contribution in [0.1, 0.15) is 23.7 Å². The first-order valence-electron chi connectivity index (χ1n) is 8.33. The minimum Gasteiger partial charge on any atom is -0.495 e. The number of aromatic nitrogens is 2. The van der Waals surface area contributed by atoms with Gasteiger partial charge in [-0.25, -0.2) is 13.1 Å². The average molecular weight is 365 g/mol. The van der Waals surface area contributed by atoms with Crippen molar-refractivity contribution in [3.63, 3.8) is 0 Å². The van der Waals surface area contributed by atoms with Crippen molar-refractivity contribution >= 4 is 10.0 Å². The van der Waals surface area contributed by atoms with E-state index in [0.717, 1.165) is 29.7 Å². The van der Waals surface area contributed by atoms with Gasteiger partial charge in [0.2, 0.25) is 10.0 Å². The van der Waals surface area contributed by atoms with Crippen molar-refractivity contribution in [2.24, 2.45) is 0 Å². The molecule has 1 aliphatic heterocycles. The van der Waals surface area contributed by atoms with Crippen molar-refractivity contribution in [1.29, 1.82) is 0 Å². The Hall–Kier alpha value is -1.90. The normalized spacial score (nSPS) is 14.3. The van der Waals surface area contributed by atoms with Crippen LogP contribution in [0, 0.1) is 0 Å². The van der Waals surface area contributed by atoms with E-state index in [1.54, 1.807) is 18.3 Å². The summed E-state index contributed by atoms with van der Waals surface area (Å²) in [5.74, 6) is 0.346. The molecule has 1 aromatic carbocycles. The zero-order chi connectivity index (χ0) is 17.9. The fraction of sp³-hybridized carbons (Fsp3) is 0.471. The number of hydrogen-bond donors (Lipinski definition) is 1. The van der Waals surface area contributed by atoms with Crippen molar-refractivity contribution < 1.29 is 17.9 Å². The number of fused-ring (bicyclic) bond motifs is 1. The molecule has 1 aromatic heterocycles. The Morgan fingerprint density at radius 3 is 3.00 bits per heavy atom. The van der Waals surface area contributed by atoms with E-state index in [0.29, 0.717) is 25.5 Å². The summed E-state index contributed by atoms with van der Waals surface area (Å²) in [6, 6.07) is 5.22. The van der Waals surface area contributed by atoms with Crippen LogP contribution in [0.4, 0.5) is 0 Å². The fourth-order valence-electron chi connectivity index (χ4n) is 2.92. The molecule has 0 saturated carbocycles. The molecule has 0 saturated heterocycles. The van der Waals surface area contributed by atoms with Gasteiger partial charge in [0.1, 0.15) is 10.6 Å². The number of nitrogens with zero attached hydrogens (tertiary/aromatic N) is 2. The summed E-state index contributed by atoms with van der Waals surface area (Å²) in [5, 5.41) is 4.33. The van der Waals surface area contributed by atoms with Crippen LogP contribution in [0.3, 0.4) is 0 Å². The van der Waals surface area contributed by atoms with Crippen LogP contribution in [0.5, 0.6) is 5.75 Å². The standard InChI is InChI=1S/C17H23N3O4S/c1-3-13-4-5-16(23-2)17(10-13)25(21,22)19-7-8-20-15-6-9-24-12-14(15)11-18-20/h4-5,10-11,19H,3,6-9,12H2,1-2H3. The summed E-state index contributed by atoms with van der Waals surface area (Å²) in [7, 11) is -2.18. The highest BCUT2D eigenvalue weighted by Gasteiger charge is 2.20. The maximum absolute atomic E-state index is 12.7. The van der Waals surface area contributed by atoms with Crippen molar-refractivity contribution in [3.8, 4) is 5.75 Å². The summed E-state index contributed by atoms with van der Waals surface area (Å²) in [5.41, 5.74) is 3.14. The molecular weight excluding hydrogens is 342 g/mol. The number of nitrogens with one attached hydrogen (secondary N) is 1. The second-order valence-electron chi connectivity index (χ2n) is 5.88. The number of ether oxygens (including phenoxy) is 2. The number of aryl methyl sites for hydroxylation is 1. The number of methoxy groups -OCH3 is 1. The quantitative estimate of drug-likeness (QED) is 0.804. The molecule has 2 heterocycles. The van der Waals surface area contributed by atoms with Crippen LogP contribution in [0.15, 0.2) is 29.3 Å². The molecule has 7 nitrogen and oxygen atoms in total. The van der Waals surface area contributed by atoms with E-state index in [-0.39, 0.29) is 11.4 Å². The van der Waals surface area contributed by atoms with E-state index < -0.39 is 10.0 Å². The van der Waals surface area contributed by atoms with Crippen LogP contribution >= 0.6 is 0 Å². The molecule has 2 aromatic rings. The third kappa shape index (κ3) is 3.86. The SMILES string of the molecule is CCc1ccc(OC)c(S(=O)(=O)NCCn2ncc3c2CCOC3)c1. The molecule has 0 amide bonds. The molecule has 25 heavy (non-hydrogen) atoms. The van der Waals surface area contributed by atoms with Gasteiger partial charge in [0, 0.05) is 24.2 Å². The molecule has 0 radical (unpaired) electrons. The molecule has 136 valence electrons. The van der Waals surface area contributed by atoms with E-state index in [9.17, 15) is 8.42 Å². The van der Waals surface area contributed by atoms with Gasteiger partial charge in [0.15, 0.2) is 0 Å². The second kappa shape index (κ2) is 7.55. The van der Waals surface area contributed by atoms with Crippen molar-refractivity contribution in [3.05, 3.63) is 41.2 Å². The molecule has 0 unspecified atom stereocenters. The van der Waals surface area contributed by atoms with E-state index in [4.69, 9.17) is 9.47 Å². The lowest BCUT2D eigenvalue weighted by molar-refractivity contribution is 0.109. The minimum absolute atomic E-state index is 0.172. The van der Waals surface area contributed by atoms with E-state index in [1.165, 1.54) is 7.11 Å². The lowest BCUT2D eigenvalue weighted by Crippen LogP contribution is -2.29. The maximum atomic E-state index is 12.7. The number of sulfonamides is 1. The van der Waals surface area contributed by atoms with Gasteiger partial charge >= 0.3 is 0 Å². The molecule has 1 N–H and O–H groups in total. The van der Waals surface area contributed by atoms with E-state index in [2.05, 4.69) is 9.82 Å². The zero-order valence-electron chi connectivity index (χ0n) is 14.5. The summed E-state index contributed by atoms with van der Waals surface area (Å²) in [4.78, 5) is 0.172.